The number of nitrogen functional groups attached to an aromatic ring is 1. The quantitative estimate of drug-likeness (QED) is 0.189. The Morgan fingerprint density at radius 2 is 1.80 bits per heavy atom. The summed E-state index contributed by atoms with van der Waals surface area (Å²) in [6.45, 7) is 12.1. The van der Waals surface area contributed by atoms with E-state index in [2.05, 4.69) is 30.5 Å². The number of ether oxygens (including phenoxy) is 3. The Bertz CT molecular complexity index is 1470. The van der Waals surface area contributed by atoms with Gasteiger partial charge in [0.2, 0.25) is 5.88 Å². The van der Waals surface area contributed by atoms with Crippen molar-refractivity contribution in [1.29, 1.82) is 0 Å². The molecule has 2 aliphatic heterocycles. The van der Waals surface area contributed by atoms with Crippen LogP contribution >= 0.6 is 0 Å². The van der Waals surface area contributed by atoms with Gasteiger partial charge in [0.05, 0.1) is 37.2 Å². The van der Waals surface area contributed by atoms with Crippen molar-refractivity contribution in [2.75, 3.05) is 70.1 Å². The molecule has 1 aromatic carbocycles. The largest absolute Gasteiger partial charge is 0.474 e. The molecule has 1 fully saturated rings. The molecule has 1 atom stereocenters. The van der Waals surface area contributed by atoms with Crippen LogP contribution in [-0.2, 0) is 10.9 Å². The van der Waals surface area contributed by atoms with Crippen molar-refractivity contribution in [3.05, 3.63) is 28.8 Å². The maximum atomic E-state index is 16.4. The Hall–Kier alpha value is -3.56. The molecule has 4 N–H and O–H groups in total. The Morgan fingerprint density at radius 3 is 2.51 bits per heavy atom. The molecule has 4 heterocycles. The van der Waals surface area contributed by atoms with Crippen LogP contribution < -0.4 is 25.8 Å². The minimum absolute atomic E-state index is 0.0519. The highest BCUT2D eigenvalue weighted by Crippen LogP contribution is 2.44. The lowest BCUT2D eigenvalue weighted by molar-refractivity contribution is -0.137. The van der Waals surface area contributed by atoms with Crippen LogP contribution in [0, 0.1) is 18.6 Å². The molecule has 10 nitrogen and oxygen atoms in total. The lowest BCUT2D eigenvalue weighted by Crippen LogP contribution is -2.37. The monoisotopic (exact) mass is 641 g/mol. The summed E-state index contributed by atoms with van der Waals surface area (Å²) < 4.78 is 90.9. The van der Waals surface area contributed by atoms with Crippen molar-refractivity contribution in [2.24, 2.45) is 0 Å². The number of hydrogen-bond donors (Lipinski definition) is 3. The first-order valence-electron chi connectivity index (χ1n) is 15.2. The van der Waals surface area contributed by atoms with E-state index in [4.69, 9.17) is 19.9 Å². The first-order chi connectivity index (χ1) is 21.5. The summed E-state index contributed by atoms with van der Waals surface area (Å²) in [6.07, 6.45) is -4.33. The predicted octanol–water partition coefficient (Wildman–Crippen LogP) is 5.18. The van der Waals surface area contributed by atoms with Crippen LogP contribution in [0.4, 0.5) is 33.5 Å². The van der Waals surface area contributed by atoms with E-state index in [9.17, 15) is 17.6 Å². The number of aromatic nitrogens is 3. The lowest BCUT2D eigenvalue weighted by Gasteiger charge is -2.26. The number of benzene rings is 1. The van der Waals surface area contributed by atoms with Gasteiger partial charge in [0.1, 0.15) is 28.2 Å². The van der Waals surface area contributed by atoms with Gasteiger partial charge in [0.25, 0.3) is 0 Å². The minimum atomic E-state index is -5.04. The van der Waals surface area contributed by atoms with E-state index in [1.54, 1.807) is 6.92 Å². The third-order valence-corrected chi connectivity index (χ3v) is 7.39. The second-order valence-corrected chi connectivity index (χ2v) is 10.5. The lowest BCUT2D eigenvalue weighted by atomic mass is 9.96. The van der Waals surface area contributed by atoms with Crippen molar-refractivity contribution in [3.63, 3.8) is 0 Å². The van der Waals surface area contributed by atoms with Crippen LogP contribution in [0.15, 0.2) is 6.07 Å². The number of halogens is 5. The van der Waals surface area contributed by atoms with Crippen LogP contribution in [0.2, 0.25) is 0 Å². The van der Waals surface area contributed by atoms with Gasteiger partial charge in [-0.25, -0.2) is 13.8 Å². The van der Waals surface area contributed by atoms with Gasteiger partial charge in [-0.05, 0) is 44.9 Å². The zero-order chi connectivity index (χ0) is 32.7. The molecule has 0 aliphatic carbocycles. The summed E-state index contributed by atoms with van der Waals surface area (Å²) in [7, 11) is 0. The molecule has 1 saturated heterocycles. The number of pyridine rings is 1. The van der Waals surface area contributed by atoms with Crippen LogP contribution in [-0.4, -0.2) is 85.0 Å². The van der Waals surface area contributed by atoms with Gasteiger partial charge >= 0.3 is 12.2 Å². The molecule has 0 bridgehead atoms. The zero-order valence-electron chi connectivity index (χ0n) is 25.9. The highest BCUT2D eigenvalue weighted by molar-refractivity contribution is 5.96. The summed E-state index contributed by atoms with van der Waals surface area (Å²) >= 11 is 0. The van der Waals surface area contributed by atoms with E-state index in [-0.39, 0.29) is 35.2 Å². The van der Waals surface area contributed by atoms with Gasteiger partial charge in [0, 0.05) is 38.3 Å². The van der Waals surface area contributed by atoms with E-state index in [0.717, 1.165) is 32.6 Å². The third kappa shape index (κ3) is 8.00. The fraction of sp³-hybridized carbons (Fsp3) is 0.567. The molecule has 2 aliphatic rings. The van der Waals surface area contributed by atoms with Crippen molar-refractivity contribution in [2.45, 2.75) is 52.8 Å². The fourth-order valence-electron chi connectivity index (χ4n) is 5.17. The molecule has 3 aromatic rings. The molecule has 45 heavy (non-hydrogen) atoms. The Morgan fingerprint density at radius 1 is 1.07 bits per heavy atom. The number of alkyl halides is 3. The average molecular weight is 642 g/mol. The first kappa shape index (κ1) is 34.3. The molecule has 1 unspecified atom stereocenters. The van der Waals surface area contributed by atoms with Gasteiger partial charge in [0.15, 0.2) is 5.82 Å². The molecule has 5 rings (SSSR count). The second-order valence-electron chi connectivity index (χ2n) is 10.5. The Balaban J connectivity index is 0.00000226. The summed E-state index contributed by atoms with van der Waals surface area (Å²) in [4.78, 5) is 15.2. The number of nitrogens with two attached hydrogens (primary N) is 1. The molecule has 0 amide bonds. The average Bonchev–Trinajstić information content (AvgIpc) is 3.04. The SMILES string of the molecule is CC.Cc1c(F)c(N)cc(-c2nc3c4c(nc(OCCCN5CCOCC5)nc4c2F)NCCNCCC(C)O3)c1C(F)(F)F. The van der Waals surface area contributed by atoms with Gasteiger partial charge in [-0.2, -0.15) is 23.1 Å². The molecule has 0 spiro atoms. The van der Waals surface area contributed by atoms with Crippen molar-refractivity contribution >= 4 is 22.4 Å². The van der Waals surface area contributed by atoms with Crippen LogP contribution in [0.1, 0.15) is 44.7 Å². The summed E-state index contributed by atoms with van der Waals surface area (Å²) in [5.41, 5.74) is 1.16. The molecule has 2 aromatic heterocycles. The van der Waals surface area contributed by atoms with Crippen LogP contribution in [0.3, 0.4) is 0 Å². The van der Waals surface area contributed by atoms with Gasteiger partial charge in [-0.3, -0.25) is 4.90 Å². The Labute approximate surface area is 258 Å². The number of rotatable bonds is 6. The normalized spacial score (nSPS) is 17.8. The molecule has 248 valence electrons. The van der Waals surface area contributed by atoms with Crippen molar-refractivity contribution < 1.29 is 36.2 Å². The molecule has 0 radical (unpaired) electrons. The van der Waals surface area contributed by atoms with Gasteiger partial charge in [-0.1, -0.05) is 13.8 Å². The molecule has 15 heteroatoms. The number of anilines is 2. The molecular formula is C30H40F5N7O3. The summed E-state index contributed by atoms with van der Waals surface area (Å²) in [6, 6.07) is 0.567. The minimum Gasteiger partial charge on any atom is -0.474 e. The topological polar surface area (TPSA) is 120 Å². The number of hydrogen-bond acceptors (Lipinski definition) is 10. The highest BCUT2D eigenvalue weighted by Gasteiger charge is 2.39. The van der Waals surface area contributed by atoms with E-state index in [0.29, 0.717) is 45.7 Å². The Kier molecular flexibility index (Phi) is 11.6. The number of nitrogens with one attached hydrogen (secondary N) is 2. The van der Waals surface area contributed by atoms with Crippen LogP contribution in [0.5, 0.6) is 11.9 Å². The number of nitrogens with zero attached hydrogens (tertiary/aromatic N) is 4. The fourth-order valence-corrected chi connectivity index (χ4v) is 5.17. The summed E-state index contributed by atoms with van der Waals surface area (Å²) in [5, 5.41) is 6.42. The van der Waals surface area contributed by atoms with E-state index in [1.807, 2.05) is 13.8 Å². The van der Waals surface area contributed by atoms with Crippen molar-refractivity contribution in [3.8, 4) is 23.1 Å². The van der Waals surface area contributed by atoms with Crippen LogP contribution in [0.25, 0.3) is 22.2 Å². The first-order valence-corrected chi connectivity index (χ1v) is 15.2. The summed E-state index contributed by atoms with van der Waals surface area (Å²) in [5.74, 6) is -2.43. The zero-order valence-corrected chi connectivity index (χ0v) is 25.9. The molecular weight excluding hydrogens is 601 g/mol. The predicted molar refractivity (Wildman–Crippen MR) is 162 cm³/mol. The smallest absolute Gasteiger partial charge is 0.417 e. The number of morpholine rings is 1. The van der Waals surface area contributed by atoms with Gasteiger partial charge in [-0.15, -0.1) is 0 Å². The maximum absolute atomic E-state index is 16.4. The van der Waals surface area contributed by atoms with E-state index in [1.165, 1.54) is 0 Å². The van der Waals surface area contributed by atoms with E-state index < -0.39 is 52.0 Å². The highest BCUT2D eigenvalue weighted by atomic mass is 19.4. The van der Waals surface area contributed by atoms with E-state index >= 15 is 4.39 Å². The standard InChI is InChI=1S/C28H34F5N7O3.C2H6/c1-15-4-5-35-6-7-36-25-19-24(38-27(39-25)42-11-3-8-40-9-12-41-13-10-40)22(30)23(37-26(19)43-15)17-14-18(34)21(29)16(2)20(17)28(31,32)33;1-2/h14-15,35H,3-13,34H2,1-2H3,(H,36,38,39);1-2H3. The molecule has 0 saturated carbocycles. The van der Waals surface area contributed by atoms with Crippen molar-refractivity contribution in [1.82, 2.24) is 25.2 Å². The second kappa shape index (κ2) is 15.1. The van der Waals surface area contributed by atoms with Gasteiger partial charge < -0.3 is 30.6 Å². The third-order valence-electron chi connectivity index (χ3n) is 7.39. The maximum Gasteiger partial charge on any atom is 0.417 e.